The molecule has 0 saturated heterocycles. The van der Waals surface area contributed by atoms with Crippen LogP contribution in [0, 0.1) is 17.2 Å². The van der Waals surface area contributed by atoms with Gasteiger partial charge in [-0.25, -0.2) is 0 Å². The van der Waals surface area contributed by atoms with Crippen molar-refractivity contribution in [2.45, 2.75) is 70.1 Å². The average molecular weight is 268 g/mol. The van der Waals surface area contributed by atoms with Gasteiger partial charge >= 0.3 is 0 Å². The molecule has 0 aromatic carbocycles. The van der Waals surface area contributed by atoms with E-state index in [-0.39, 0.29) is 5.54 Å². The zero-order valence-corrected chi connectivity index (χ0v) is 13.0. The maximum atomic E-state index is 9.55. The number of nitrogens with one attached hydrogen (secondary N) is 1. The molecule has 1 fully saturated rings. The van der Waals surface area contributed by atoms with Gasteiger partial charge in [-0.1, -0.05) is 27.2 Å². The summed E-state index contributed by atoms with van der Waals surface area (Å²) in [5, 5.41) is 13.8. The summed E-state index contributed by atoms with van der Waals surface area (Å²) in [5.74, 6) is 1.77. The number of thioether (sulfide) groups is 1. The predicted molar refractivity (Wildman–Crippen MR) is 80.8 cm³/mol. The van der Waals surface area contributed by atoms with Crippen molar-refractivity contribution in [1.82, 2.24) is 5.32 Å². The van der Waals surface area contributed by atoms with Crippen molar-refractivity contribution in [2.75, 3.05) is 12.3 Å². The third kappa shape index (κ3) is 4.17. The second-order valence-corrected chi connectivity index (χ2v) is 7.02. The van der Waals surface area contributed by atoms with Gasteiger partial charge in [0.2, 0.25) is 0 Å². The number of rotatable bonds is 8. The van der Waals surface area contributed by atoms with Crippen LogP contribution in [0.5, 0.6) is 0 Å². The van der Waals surface area contributed by atoms with Crippen LogP contribution in [0.2, 0.25) is 0 Å². The molecule has 1 saturated carbocycles. The van der Waals surface area contributed by atoms with Crippen LogP contribution in [-0.4, -0.2) is 23.1 Å². The summed E-state index contributed by atoms with van der Waals surface area (Å²) >= 11 is 2.06. The molecule has 0 radical (unpaired) electrons. The lowest BCUT2D eigenvalue weighted by Crippen LogP contribution is -2.47. The zero-order valence-electron chi connectivity index (χ0n) is 12.2. The van der Waals surface area contributed by atoms with Gasteiger partial charge in [-0.3, -0.25) is 5.32 Å². The second kappa shape index (κ2) is 8.07. The van der Waals surface area contributed by atoms with Crippen molar-refractivity contribution in [3.05, 3.63) is 0 Å². The summed E-state index contributed by atoms with van der Waals surface area (Å²) in [6.45, 7) is 7.69. The molecule has 1 N–H and O–H groups in total. The van der Waals surface area contributed by atoms with E-state index in [0.717, 1.165) is 24.6 Å². The van der Waals surface area contributed by atoms with Crippen LogP contribution in [0.25, 0.3) is 0 Å². The Kier molecular flexibility index (Phi) is 7.11. The van der Waals surface area contributed by atoms with E-state index in [2.05, 4.69) is 43.9 Å². The molecule has 0 aliphatic heterocycles. The molecule has 3 atom stereocenters. The van der Waals surface area contributed by atoms with E-state index in [1.54, 1.807) is 0 Å². The molecule has 0 heterocycles. The van der Waals surface area contributed by atoms with E-state index in [1.165, 1.54) is 31.4 Å². The first-order chi connectivity index (χ1) is 8.68. The topological polar surface area (TPSA) is 35.8 Å². The van der Waals surface area contributed by atoms with Crippen LogP contribution in [-0.2, 0) is 0 Å². The average Bonchev–Trinajstić information content (AvgIpc) is 2.80. The third-order valence-electron chi connectivity index (χ3n) is 4.15. The molecule has 104 valence electrons. The first-order valence-electron chi connectivity index (χ1n) is 7.46. The van der Waals surface area contributed by atoms with E-state index in [1.807, 2.05) is 0 Å². The zero-order chi connectivity index (χ0) is 13.4. The molecular weight excluding hydrogens is 240 g/mol. The first-order valence-corrected chi connectivity index (χ1v) is 8.51. The lowest BCUT2D eigenvalue weighted by Gasteiger charge is -2.30. The standard InChI is InChI=1S/C15H28N2S/c1-4-10-17-15(12-16)9-6-7-14(15)8-11-18-13(3)5-2/h13-14,17H,4-11H2,1-3H3. The minimum Gasteiger partial charge on any atom is -0.299 e. The molecule has 0 amide bonds. The fraction of sp³-hybridized carbons (Fsp3) is 0.933. The maximum Gasteiger partial charge on any atom is 0.109 e. The summed E-state index contributed by atoms with van der Waals surface area (Å²) in [6, 6.07) is 2.59. The number of hydrogen-bond donors (Lipinski definition) is 1. The van der Waals surface area contributed by atoms with E-state index in [9.17, 15) is 5.26 Å². The summed E-state index contributed by atoms with van der Waals surface area (Å²) in [5.41, 5.74) is -0.216. The minimum atomic E-state index is -0.216. The van der Waals surface area contributed by atoms with Crippen LogP contribution in [0.3, 0.4) is 0 Å². The molecule has 3 unspecified atom stereocenters. The van der Waals surface area contributed by atoms with Crippen LogP contribution in [0.15, 0.2) is 0 Å². The van der Waals surface area contributed by atoms with Gasteiger partial charge < -0.3 is 0 Å². The molecule has 1 rings (SSSR count). The maximum absolute atomic E-state index is 9.55. The van der Waals surface area contributed by atoms with Crippen molar-refractivity contribution >= 4 is 11.8 Å². The van der Waals surface area contributed by atoms with Gasteiger partial charge in [-0.15, -0.1) is 0 Å². The summed E-state index contributed by atoms with van der Waals surface area (Å²) in [4.78, 5) is 0. The third-order valence-corrected chi connectivity index (χ3v) is 5.53. The highest BCUT2D eigenvalue weighted by atomic mass is 32.2. The summed E-state index contributed by atoms with van der Waals surface area (Å²) in [7, 11) is 0. The summed E-state index contributed by atoms with van der Waals surface area (Å²) < 4.78 is 0. The SMILES string of the molecule is CCCNC1(C#N)CCCC1CCSC(C)CC. The Morgan fingerprint density at radius 2 is 2.28 bits per heavy atom. The monoisotopic (exact) mass is 268 g/mol. The van der Waals surface area contributed by atoms with Crippen molar-refractivity contribution in [3.63, 3.8) is 0 Å². The van der Waals surface area contributed by atoms with Gasteiger partial charge in [-0.05, 0) is 50.3 Å². The van der Waals surface area contributed by atoms with Gasteiger partial charge in [0.25, 0.3) is 0 Å². The van der Waals surface area contributed by atoms with Gasteiger partial charge in [-0.2, -0.15) is 17.0 Å². The molecule has 0 aromatic rings. The fourth-order valence-electron chi connectivity index (χ4n) is 2.77. The van der Waals surface area contributed by atoms with E-state index >= 15 is 0 Å². The van der Waals surface area contributed by atoms with Crippen molar-refractivity contribution in [1.29, 1.82) is 5.26 Å². The Bertz CT molecular complexity index is 274. The quantitative estimate of drug-likeness (QED) is 0.723. The number of nitrogens with zero attached hydrogens (tertiary/aromatic N) is 1. The lowest BCUT2D eigenvalue weighted by atomic mass is 9.86. The normalized spacial score (nSPS) is 29.1. The molecule has 1 aliphatic rings. The van der Waals surface area contributed by atoms with E-state index in [0.29, 0.717) is 5.92 Å². The highest BCUT2D eigenvalue weighted by Crippen LogP contribution is 2.38. The van der Waals surface area contributed by atoms with Gasteiger partial charge in [0.15, 0.2) is 0 Å². The van der Waals surface area contributed by atoms with E-state index < -0.39 is 0 Å². The highest BCUT2D eigenvalue weighted by molar-refractivity contribution is 7.99. The smallest absolute Gasteiger partial charge is 0.109 e. The van der Waals surface area contributed by atoms with Crippen molar-refractivity contribution in [3.8, 4) is 6.07 Å². The number of hydrogen-bond acceptors (Lipinski definition) is 3. The molecular formula is C15H28N2S. The van der Waals surface area contributed by atoms with E-state index in [4.69, 9.17) is 0 Å². The Morgan fingerprint density at radius 1 is 1.50 bits per heavy atom. The highest BCUT2D eigenvalue weighted by Gasteiger charge is 2.42. The van der Waals surface area contributed by atoms with Crippen LogP contribution in [0.1, 0.15) is 59.3 Å². The van der Waals surface area contributed by atoms with Gasteiger partial charge in [0, 0.05) is 5.25 Å². The lowest BCUT2D eigenvalue weighted by molar-refractivity contribution is 0.311. The molecule has 0 aromatic heterocycles. The summed E-state index contributed by atoms with van der Waals surface area (Å²) in [6.07, 6.45) is 7.03. The first kappa shape index (κ1) is 15.9. The molecule has 2 nitrogen and oxygen atoms in total. The minimum absolute atomic E-state index is 0.216. The predicted octanol–water partition coefficient (Wildman–Crippen LogP) is 3.97. The van der Waals surface area contributed by atoms with Crippen LogP contribution in [0.4, 0.5) is 0 Å². The molecule has 1 aliphatic carbocycles. The number of nitriles is 1. The van der Waals surface area contributed by atoms with Crippen LogP contribution < -0.4 is 5.32 Å². The Hall–Kier alpha value is -0.200. The Balaban J connectivity index is 2.44. The van der Waals surface area contributed by atoms with Crippen molar-refractivity contribution in [2.24, 2.45) is 5.92 Å². The van der Waals surface area contributed by atoms with Crippen molar-refractivity contribution < 1.29 is 0 Å². The van der Waals surface area contributed by atoms with Gasteiger partial charge in [0.1, 0.15) is 5.54 Å². The Labute approximate surface area is 117 Å². The van der Waals surface area contributed by atoms with Crippen LogP contribution >= 0.6 is 11.8 Å². The molecule has 0 bridgehead atoms. The molecule has 0 spiro atoms. The molecule has 18 heavy (non-hydrogen) atoms. The Morgan fingerprint density at radius 3 is 2.89 bits per heavy atom. The largest absolute Gasteiger partial charge is 0.299 e. The van der Waals surface area contributed by atoms with Gasteiger partial charge in [0.05, 0.1) is 6.07 Å². The molecule has 3 heteroatoms. The fourth-order valence-corrected chi connectivity index (χ4v) is 3.82. The second-order valence-electron chi connectivity index (χ2n) is 5.48.